The summed E-state index contributed by atoms with van der Waals surface area (Å²) in [6.07, 6.45) is 0. The Balaban J connectivity index is 1.56. The number of hydrogen-bond donors (Lipinski definition) is 1. The van der Waals surface area contributed by atoms with Crippen molar-refractivity contribution in [2.75, 3.05) is 36.4 Å². The average Bonchev–Trinajstić information content (AvgIpc) is 2.64. The van der Waals surface area contributed by atoms with E-state index in [4.69, 9.17) is 0 Å². The first-order valence-corrected chi connectivity index (χ1v) is 9.93. The van der Waals surface area contributed by atoms with Crippen LogP contribution in [0.25, 0.3) is 0 Å². The SMILES string of the molecule is CC(C(=O)Nc1ccc(Br)cc1Br)N1CCN(c2ccccc2)CC1. The van der Waals surface area contributed by atoms with Gasteiger partial charge >= 0.3 is 0 Å². The number of rotatable bonds is 4. The summed E-state index contributed by atoms with van der Waals surface area (Å²) in [4.78, 5) is 17.2. The second-order valence-corrected chi connectivity index (χ2v) is 7.92. The Bertz CT molecular complexity index is 731. The van der Waals surface area contributed by atoms with Crippen LogP contribution >= 0.6 is 31.9 Å². The zero-order chi connectivity index (χ0) is 17.8. The Morgan fingerprint density at radius 3 is 2.36 bits per heavy atom. The molecule has 1 aliphatic rings. The molecule has 25 heavy (non-hydrogen) atoms. The van der Waals surface area contributed by atoms with Crippen LogP contribution in [0.5, 0.6) is 0 Å². The fourth-order valence-corrected chi connectivity index (χ4v) is 4.15. The Morgan fingerprint density at radius 2 is 1.72 bits per heavy atom. The lowest BCUT2D eigenvalue weighted by Gasteiger charge is -2.38. The third-order valence-electron chi connectivity index (χ3n) is 4.55. The molecular formula is C19H21Br2N3O. The van der Waals surface area contributed by atoms with Crippen LogP contribution in [0.2, 0.25) is 0 Å². The molecule has 1 fully saturated rings. The predicted octanol–water partition coefficient (Wildman–Crippen LogP) is 4.36. The molecular weight excluding hydrogens is 446 g/mol. The lowest BCUT2D eigenvalue weighted by atomic mass is 10.2. The van der Waals surface area contributed by atoms with Crippen molar-refractivity contribution < 1.29 is 4.79 Å². The molecule has 0 spiro atoms. The van der Waals surface area contributed by atoms with E-state index in [9.17, 15) is 4.79 Å². The minimum Gasteiger partial charge on any atom is -0.369 e. The predicted molar refractivity (Wildman–Crippen MR) is 110 cm³/mol. The fourth-order valence-electron chi connectivity index (χ4n) is 3.00. The van der Waals surface area contributed by atoms with Crippen molar-refractivity contribution in [3.05, 3.63) is 57.5 Å². The van der Waals surface area contributed by atoms with Gasteiger partial charge < -0.3 is 10.2 Å². The van der Waals surface area contributed by atoms with Crippen LogP contribution in [0.4, 0.5) is 11.4 Å². The van der Waals surface area contributed by atoms with Gasteiger partial charge in [0.15, 0.2) is 0 Å². The van der Waals surface area contributed by atoms with E-state index in [0.717, 1.165) is 40.8 Å². The summed E-state index contributed by atoms with van der Waals surface area (Å²) in [5.41, 5.74) is 2.04. The van der Waals surface area contributed by atoms with Gasteiger partial charge in [-0.2, -0.15) is 0 Å². The van der Waals surface area contributed by atoms with Crippen LogP contribution < -0.4 is 10.2 Å². The maximum atomic E-state index is 12.6. The zero-order valence-corrected chi connectivity index (χ0v) is 17.3. The van der Waals surface area contributed by atoms with E-state index in [2.05, 4.69) is 71.2 Å². The summed E-state index contributed by atoms with van der Waals surface area (Å²) in [5, 5.41) is 3.02. The zero-order valence-electron chi connectivity index (χ0n) is 14.1. The van der Waals surface area contributed by atoms with Crippen LogP contribution in [0, 0.1) is 0 Å². The van der Waals surface area contributed by atoms with Crippen LogP contribution in [0.1, 0.15) is 6.92 Å². The number of benzene rings is 2. The Hall–Kier alpha value is -1.37. The van der Waals surface area contributed by atoms with E-state index < -0.39 is 0 Å². The van der Waals surface area contributed by atoms with E-state index in [1.54, 1.807) is 0 Å². The first-order valence-electron chi connectivity index (χ1n) is 8.34. The van der Waals surface area contributed by atoms with Crippen molar-refractivity contribution in [2.24, 2.45) is 0 Å². The molecule has 132 valence electrons. The second kappa shape index (κ2) is 8.34. The maximum absolute atomic E-state index is 12.6. The van der Waals surface area contributed by atoms with Gasteiger partial charge in [-0.1, -0.05) is 34.1 Å². The van der Waals surface area contributed by atoms with Gasteiger partial charge in [0.25, 0.3) is 0 Å². The van der Waals surface area contributed by atoms with Crippen LogP contribution in [-0.4, -0.2) is 43.0 Å². The normalized spacial score (nSPS) is 16.5. The average molecular weight is 467 g/mol. The number of nitrogens with one attached hydrogen (secondary N) is 1. The molecule has 0 aliphatic carbocycles. The number of hydrogen-bond acceptors (Lipinski definition) is 3. The van der Waals surface area contributed by atoms with Gasteiger partial charge in [0.05, 0.1) is 11.7 Å². The molecule has 1 unspecified atom stereocenters. The molecule has 0 saturated carbocycles. The number of para-hydroxylation sites is 1. The van der Waals surface area contributed by atoms with Gasteiger partial charge in [0.2, 0.25) is 5.91 Å². The van der Waals surface area contributed by atoms with Gasteiger partial charge in [-0.3, -0.25) is 9.69 Å². The van der Waals surface area contributed by atoms with E-state index in [1.165, 1.54) is 5.69 Å². The highest BCUT2D eigenvalue weighted by Crippen LogP contribution is 2.26. The molecule has 1 atom stereocenters. The minimum atomic E-state index is -0.159. The highest BCUT2D eigenvalue weighted by molar-refractivity contribution is 9.11. The summed E-state index contributed by atoms with van der Waals surface area (Å²) in [7, 11) is 0. The monoisotopic (exact) mass is 465 g/mol. The topological polar surface area (TPSA) is 35.6 Å². The van der Waals surface area contributed by atoms with Gasteiger partial charge in [0, 0.05) is 40.8 Å². The minimum absolute atomic E-state index is 0.0242. The lowest BCUT2D eigenvalue weighted by Crippen LogP contribution is -2.52. The molecule has 1 heterocycles. The molecule has 2 aromatic rings. The van der Waals surface area contributed by atoms with Gasteiger partial charge in [0.1, 0.15) is 0 Å². The summed E-state index contributed by atoms with van der Waals surface area (Å²) < 4.78 is 1.85. The number of nitrogens with zero attached hydrogens (tertiary/aromatic N) is 2. The van der Waals surface area contributed by atoms with E-state index in [1.807, 2.05) is 31.2 Å². The summed E-state index contributed by atoms with van der Waals surface area (Å²) in [5.74, 6) is 0.0242. The highest BCUT2D eigenvalue weighted by atomic mass is 79.9. The smallest absolute Gasteiger partial charge is 0.241 e. The first kappa shape index (κ1) is 18.4. The number of carbonyl (C=O) groups is 1. The molecule has 1 saturated heterocycles. The standard InChI is InChI=1S/C19H21Br2N3O/c1-14(19(25)22-18-8-7-15(20)13-17(18)21)23-9-11-24(12-10-23)16-5-3-2-4-6-16/h2-8,13-14H,9-12H2,1H3,(H,22,25). The molecule has 0 radical (unpaired) electrons. The van der Waals surface area contributed by atoms with Crippen LogP contribution in [0.15, 0.2) is 57.5 Å². The molecule has 0 bridgehead atoms. The first-order chi connectivity index (χ1) is 12.0. The molecule has 2 aromatic carbocycles. The molecule has 3 rings (SSSR count). The third kappa shape index (κ3) is 4.63. The largest absolute Gasteiger partial charge is 0.369 e. The third-order valence-corrected chi connectivity index (χ3v) is 5.70. The summed E-state index contributed by atoms with van der Waals surface area (Å²) in [6.45, 7) is 5.60. The van der Waals surface area contributed by atoms with E-state index >= 15 is 0 Å². The number of carbonyl (C=O) groups excluding carboxylic acids is 1. The molecule has 1 amide bonds. The summed E-state index contributed by atoms with van der Waals surface area (Å²) in [6, 6.07) is 16.0. The van der Waals surface area contributed by atoms with Crippen LogP contribution in [-0.2, 0) is 4.79 Å². The van der Waals surface area contributed by atoms with Crippen molar-refractivity contribution >= 4 is 49.1 Å². The van der Waals surface area contributed by atoms with Gasteiger partial charge in [-0.15, -0.1) is 0 Å². The number of piperazine rings is 1. The lowest BCUT2D eigenvalue weighted by molar-refractivity contribution is -0.120. The maximum Gasteiger partial charge on any atom is 0.241 e. The van der Waals surface area contributed by atoms with Gasteiger partial charge in [-0.25, -0.2) is 0 Å². The second-order valence-electron chi connectivity index (χ2n) is 6.15. The van der Waals surface area contributed by atoms with Crippen molar-refractivity contribution in [1.29, 1.82) is 0 Å². The molecule has 1 aliphatic heterocycles. The Labute approximate surface area is 165 Å². The summed E-state index contributed by atoms with van der Waals surface area (Å²) >= 11 is 6.91. The number of anilines is 2. The van der Waals surface area contributed by atoms with Gasteiger partial charge in [-0.05, 0) is 53.2 Å². The Morgan fingerprint density at radius 1 is 1.04 bits per heavy atom. The highest BCUT2D eigenvalue weighted by Gasteiger charge is 2.26. The van der Waals surface area contributed by atoms with E-state index in [0.29, 0.717) is 0 Å². The van der Waals surface area contributed by atoms with Crippen molar-refractivity contribution in [3.63, 3.8) is 0 Å². The van der Waals surface area contributed by atoms with Crippen molar-refractivity contribution in [2.45, 2.75) is 13.0 Å². The number of amides is 1. The van der Waals surface area contributed by atoms with Crippen LogP contribution in [0.3, 0.4) is 0 Å². The quantitative estimate of drug-likeness (QED) is 0.726. The molecule has 4 nitrogen and oxygen atoms in total. The molecule has 1 N–H and O–H groups in total. The van der Waals surface area contributed by atoms with E-state index in [-0.39, 0.29) is 11.9 Å². The number of halogens is 2. The van der Waals surface area contributed by atoms with Crippen molar-refractivity contribution in [1.82, 2.24) is 4.90 Å². The molecule has 6 heteroatoms. The fraction of sp³-hybridized carbons (Fsp3) is 0.316. The van der Waals surface area contributed by atoms with Crippen molar-refractivity contribution in [3.8, 4) is 0 Å². The Kier molecular flexibility index (Phi) is 6.15. The molecule has 0 aromatic heterocycles.